The van der Waals surface area contributed by atoms with Gasteiger partial charge in [0.25, 0.3) is 0 Å². The van der Waals surface area contributed by atoms with Crippen LogP contribution >= 0.6 is 0 Å². The van der Waals surface area contributed by atoms with Crippen LogP contribution in [0.1, 0.15) is 30.1 Å². The van der Waals surface area contributed by atoms with Gasteiger partial charge in [-0.15, -0.1) is 0 Å². The molecule has 0 saturated carbocycles. The number of primary amides is 1. The van der Waals surface area contributed by atoms with Gasteiger partial charge in [0.15, 0.2) is 0 Å². The molecule has 0 aliphatic rings. The van der Waals surface area contributed by atoms with E-state index in [0.717, 1.165) is 11.1 Å². The van der Waals surface area contributed by atoms with E-state index in [4.69, 9.17) is 5.73 Å². The number of carbonyl (C=O) groups is 2. The Kier molecular flexibility index (Phi) is 5.27. The van der Waals surface area contributed by atoms with Crippen LogP contribution < -0.4 is 16.4 Å². The van der Waals surface area contributed by atoms with Gasteiger partial charge in [-0.05, 0) is 18.1 Å². The summed E-state index contributed by atoms with van der Waals surface area (Å²) in [7, 11) is 0. The Morgan fingerprint density at radius 3 is 1.91 bits per heavy atom. The van der Waals surface area contributed by atoms with Crippen molar-refractivity contribution >= 4 is 11.9 Å². The third-order valence-corrected chi connectivity index (χ3v) is 3.36. The number of rotatable bonds is 5. The summed E-state index contributed by atoms with van der Waals surface area (Å²) < 4.78 is 0. The Hall–Kier alpha value is -2.66. The van der Waals surface area contributed by atoms with E-state index in [2.05, 4.69) is 10.6 Å². The van der Waals surface area contributed by atoms with Crippen molar-refractivity contribution < 1.29 is 9.59 Å². The zero-order valence-corrected chi connectivity index (χ0v) is 12.3. The normalized spacial score (nSPS) is 13.1. The second-order valence-electron chi connectivity index (χ2n) is 5.00. The molecule has 0 saturated heterocycles. The van der Waals surface area contributed by atoms with Gasteiger partial charge in [-0.3, -0.25) is 15.4 Å². The average molecular weight is 297 g/mol. The predicted octanol–water partition coefficient (Wildman–Crippen LogP) is 2.27. The SMILES string of the molecule is C[C@@H](N[C@H](C(=O)NC(N)=O)c1ccccc1)c1ccccc1. The maximum Gasteiger partial charge on any atom is 0.318 e. The van der Waals surface area contributed by atoms with Gasteiger partial charge in [-0.1, -0.05) is 60.7 Å². The average Bonchev–Trinajstić information content (AvgIpc) is 2.53. The zero-order chi connectivity index (χ0) is 15.9. The van der Waals surface area contributed by atoms with Gasteiger partial charge in [-0.25, -0.2) is 4.79 Å². The molecule has 2 aromatic carbocycles. The van der Waals surface area contributed by atoms with Crippen LogP contribution in [0.3, 0.4) is 0 Å². The molecule has 5 nitrogen and oxygen atoms in total. The van der Waals surface area contributed by atoms with Crippen molar-refractivity contribution in [1.82, 2.24) is 10.6 Å². The van der Waals surface area contributed by atoms with Crippen LogP contribution in [-0.2, 0) is 4.79 Å². The summed E-state index contributed by atoms with van der Waals surface area (Å²) in [6.07, 6.45) is 0. The fraction of sp³-hybridized carbons (Fsp3) is 0.176. The largest absolute Gasteiger partial charge is 0.351 e. The molecule has 0 radical (unpaired) electrons. The Balaban J connectivity index is 2.21. The molecule has 4 N–H and O–H groups in total. The Morgan fingerprint density at radius 2 is 1.41 bits per heavy atom. The highest BCUT2D eigenvalue weighted by atomic mass is 16.2. The van der Waals surface area contributed by atoms with Crippen LogP contribution in [-0.4, -0.2) is 11.9 Å². The third kappa shape index (κ3) is 4.17. The minimum atomic E-state index is -0.861. The molecule has 2 aromatic rings. The van der Waals surface area contributed by atoms with Crippen LogP contribution in [0.5, 0.6) is 0 Å². The molecule has 0 spiro atoms. The second-order valence-corrected chi connectivity index (χ2v) is 5.00. The first-order valence-electron chi connectivity index (χ1n) is 7.04. The van der Waals surface area contributed by atoms with E-state index in [1.165, 1.54) is 0 Å². The molecule has 22 heavy (non-hydrogen) atoms. The quantitative estimate of drug-likeness (QED) is 0.791. The number of hydrogen-bond donors (Lipinski definition) is 3. The first-order chi connectivity index (χ1) is 10.6. The van der Waals surface area contributed by atoms with E-state index in [1.54, 1.807) is 0 Å². The van der Waals surface area contributed by atoms with E-state index in [-0.39, 0.29) is 6.04 Å². The lowest BCUT2D eigenvalue weighted by Gasteiger charge is -2.23. The first kappa shape index (κ1) is 15.7. The molecule has 0 aliphatic heterocycles. The standard InChI is InChI=1S/C17H19N3O2/c1-12(13-8-4-2-5-9-13)19-15(16(21)20-17(18)22)14-10-6-3-7-11-14/h2-12,15,19H,1H3,(H3,18,20,21,22)/t12-,15+/m1/s1. The number of amides is 3. The van der Waals surface area contributed by atoms with Crippen molar-refractivity contribution in [1.29, 1.82) is 0 Å². The third-order valence-electron chi connectivity index (χ3n) is 3.36. The second kappa shape index (κ2) is 7.38. The van der Waals surface area contributed by atoms with Gasteiger partial charge in [0.05, 0.1) is 0 Å². The Morgan fingerprint density at radius 1 is 0.909 bits per heavy atom. The fourth-order valence-corrected chi connectivity index (χ4v) is 2.25. The molecule has 0 aliphatic carbocycles. The van der Waals surface area contributed by atoms with Crippen molar-refractivity contribution in [2.24, 2.45) is 5.73 Å². The van der Waals surface area contributed by atoms with E-state index in [9.17, 15) is 9.59 Å². The van der Waals surface area contributed by atoms with Crippen LogP contribution in [0.15, 0.2) is 60.7 Å². The summed E-state index contributed by atoms with van der Waals surface area (Å²) in [5.41, 5.74) is 6.87. The van der Waals surface area contributed by atoms with E-state index in [1.807, 2.05) is 67.6 Å². The summed E-state index contributed by atoms with van der Waals surface area (Å²) in [6, 6.07) is 17.4. The summed E-state index contributed by atoms with van der Waals surface area (Å²) in [5.74, 6) is -0.471. The van der Waals surface area contributed by atoms with Gasteiger partial charge in [0.1, 0.15) is 6.04 Å². The molecular formula is C17H19N3O2. The maximum atomic E-state index is 12.2. The predicted molar refractivity (Wildman–Crippen MR) is 84.9 cm³/mol. The molecular weight excluding hydrogens is 278 g/mol. The number of hydrogen-bond acceptors (Lipinski definition) is 3. The minimum absolute atomic E-state index is 0.0648. The number of imide groups is 1. The lowest BCUT2D eigenvalue weighted by Crippen LogP contribution is -2.43. The topological polar surface area (TPSA) is 84.2 Å². The molecule has 0 unspecified atom stereocenters. The van der Waals surface area contributed by atoms with Crippen molar-refractivity contribution in [2.45, 2.75) is 19.0 Å². The number of benzene rings is 2. The van der Waals surface area contributed by atoms with Crippen LogP contribution in [0.2, 0.25) is 0 Å². The van der Waals surface area contributed by atoms with Crippen molar-refractivity contribution in [3.63, 3.8) is 0 Å². The first-order valence-corrected chi connectivity index (χ1v) is 7.04. The minimum Gasteiger partial charge on any atom is -0.351 e. The van der Waals surface area contributed by atoms with Gasteiger partial charge >= 0.3 is 6.03 Å². The van der Waals surface area contributed by atoms with Gasteiger partial charge < -0.3 is 5.73 Å². The van der Waals surface area contributed by atoms with Gasteiger partial charge in [-0.2, -0.15) is 0 Å². The highest BCUT2D eigenvalue weighted by molar-refractivity contribution is 5.96. The van der Waals surface area contributed by atoms with E-state index in [0.29, 0.717) is 0 Å². The smallest absolute Gasteiger partial charge is 0.318 e. The number of nitrogens with two attached hydrogens (primary N) is 1. The number of nitrogens with one attached hydrogen (secondary N) is 2. The summed E-state index contributed by atoms with van der Waals surface area (Å²) in [5, 5.41) is 5.37. The Bertz CT molecular complexity index is 629. The van der Waals surface area contributed by atoms with Gasteiger partial charge in [0.2, 0.25) is 5.91 Å². The van der Waals surface area contributed by atoms with Crippen molar-refractivity contribution in [3.8, 4) is 0 Å². The molecule has 0 fully saturated rings. The fourth-order valence-electron chi connectivity index (χ4n) is 2.25. The number of carbonyl (C=O) groups excluding carboxylic acids is 2. The van der Waals surface area contributed by atoms with Crippen molar-refractivity contribution in [3.05, 3.63) is 71.8 Å². The Labute approximate surface area is 129 Å². The van der Waals surface area contributed by atoms with Crippen LogP contribution in [0.25, 0.3) is 0 Å². The molecule has 5 heteroatoms. The lowest BCUT2D eigenvalue weighted by atomic mass is 10.0. The van der Waals surface area contributed by atoms with Crippen LogP contribution in [0, 0.1) is 0 Å². The molecule has 2 rings (SSSR count). The summed E-state index contributed by atoms with van der Waals surface area (Å²) in [4.78, 5) is 23.2. The lowest BCUT2D eigenvalue weighted by molar-refractivity contribution is -0.122. The highest BCUT2D eigenvalue weighted by Gasteiger charge is 2.23. The molecule has 114 valence electrons. The monoisotopic (exact) mass is 297 g/mol. The molecule has 3 amide bonds. The van der Waals surface area contributed by atoms with Gasteiger partial charge in [0, 0.05) is 6.04 Å². The highest BCUT2D eigenvalue weighted by Crippen LogP contribution is 2.19. The molecule has 0 heterocycles. The van der Waals surface area contributed by atoms with Crippen molar-refractivity contribution in [2.75, 3.05) is 0 Å². The van der Waals surface area contributed by atoms with Crippen LogP contribution in [0.4, 0.5) is 4.79 Å². The molecule has 2 atom stereocenters. The number of urea groups is 1. The van der Waals surface area contributed by atoms with E-state index < -0.39 is 18.0 Å². The summed E-state index contributed by atoms with van der Waals surface area (Å²) >= 11 is 0. The maximum absolute atomic E-state index is 12.2. The zero-order valence-electron chi connectivity index (χ0n) is 12.3. The molecule has 0 bridgehead atoms. The summed E-state index contributed by atoms with van der Waals surface area (Å²) in [6.45, 7) is 1.96. The van der Waals surface area contributed by atoms with E-state index >= 15 is 0 Å². The molecule has 0 aromatic heterocycles.